The van der Waals surface area contributed by atoms with Gasteiger partial charge in [-0.3, -0.25) is 0 Å². The minimum absolute atomic E-state index is 0.356. The monoisotopic (exact) mass is 183 g/mol. The fourth-order valence-corrected chi connectivity index (χ4v) is 1.86. The van der Waals surface area contributed by atoms with E-state index < -0.39 is 6.09 Å². The molecular formula is C10H17NO2. The van der Waals surface area contributed by atoms with Crippen molar-refractivity contribution in [3.05, 3.63) is 12.2 Å². The van der Waals surface area contributed by atoms with Gasteiger partial charge in [0.15, 0.2) is 0 Å². The number of hydrogen-bond donors (Lipinski definition) is 1. The second kappa shape index (κ2) is 4.90. The van der Waals surface area contributed by atoms with Crippen molar-refractivity contribution in [2.75, 3.05) is 6.61 Å². The minimum Gasteiger partial charge on any atom is -0.450 e. The van der Waals surface area contributed by atoms with Crippen molar-refractivity contribution in [2.45, 2.75) is 26.2 Å². The molecule has 1 fully saturated rings. The van der Waals surface area contributed by atoms with Gasteiger partial charge in [-0.25, -0.2) is 4.79 Å². The summed E-state index contributed by atoms with van der Waals surface area (Å²) in [5, 5.41) is 0. The van der Waals surface area contributed by atoms with Crippen LogP contribution in [0, 0.1) is 11.8 Å². The van der Waals surface area contributed by atoms with Crippen LogP contribution in [0.25, 0.3) is 0 Å². The third-order valence-corrected chi connectivity index (χ3v) is 2.46. The molecule has 0 aliphatic heterocycles. The summed E-state index contributed by atoms with van der Waals surface area (Å²) < 4.78 is 4.18. The number of allylic oxidation sites excluding steroid dienone is 2. The van der Waals surface area contributed by atoms with Crippen molar-refractivity contribution in [1.29, 1.82) is 0 Å². The molecule has 0 aromatic heterocycles. The minimum atomic E-state index is -0.711. The van der Waals surface area contributed by atoms with Gasteiger partial charge in [0.25, 0.3) is 0 Å². The highest BCUT2D eigenvalue weighted by molar-refractivity contribution is 5.64. The lowest BCUT2D eigenvalue weighted by Gasteiger charge is -1.96. The molecule has 13 heavy (non-hydrogen) atoms. The van der Waals surface area contributed by atoms with Crippen LogP contribution in [0.2, 0.25) is 0 Å². The van der Waals surface area contributed by atoms with E-state index in [1.807, 2.05) is 0 Å². The Balaban J connectivity index is 0.000000133. The maximum Gasteiger partial charge on any atom is 0.404 e. The average Bonchev–Trinajstić information content (AvgIpc) is 2.66. The van der Waals surface area contributed by atoms with Gasteiger partial charge in [0, 0.05) is 0 Å². The van der Waals surface area contributed by atoms with Crippen LogP contribution in [-0.4, -0.2) is 12.7 Å². The molecule has 0 spiro atoms. The van der Waals surface area contributed by atoms with Gasteiger partial charge >= 0.3 is 6.09 Å². The number of carbonyl (C=O) groups excluding carboxylic acids is 1. The molecule has 2 N–H and O–H groups in total. The molecule has 2 aliphatic rings. The Hall–Kier alpha value is -0.990. The molecule has 2 aliphatic carbocycles. The summed E-state index contributed by atoms with van der Waals surface area (Å²) in [4.78, 5) is 9.60. The van der Waals surface area contributed by atoms with Gasteiger partial charge in [-0.1, -0.05) is 12.2 Å². The molecule has 2 rings (SSSR count). The summed E-state index contributed by atoms with van der Waals surface area (Å²) in [6.07, 6.45) is 8.47. The summed E-state index contributed by atoms with van der Waals surface area (Å²) in [5.41, 5.74) is 4.54. The lowest BCUT2D eigenvalue weighted by molar-refractivity contribution is 0.163. The first-order chi connectivity index (χ1) is 6.22. The zero-order valence-corrected chi connectivity index (χ0v) is 8.03. The maximum absolute atomic E-state index is 9.60. The highest BCUT2D eigenvalue weighted by Gasteiger charge is 2.25. The Bertz CT molecular complexity index is 189. The summed E-state index contributed by atoms with van der Waals surface area (Å²) in [6.45, 7) is 2.06. The van der Waals surface area contributed by atoms with Gasteiger partial charge < -0.3 is 10.5 Å². The Kier molecular flexibility index (Phi) is 3.80. The maximum atomic E-state index is 9.60. The first-order valence-corrected chi connectivity index (χ1v) is 4.83. The zero-order valence-electron chi connectivity index (χ0n) is 8.03. The van der Waals surface area contributed by atoms with E-state index in [1.165, 1.54) is 19.3 Å². The Labute approximate surface area is 78.9 Å². The second-order valence-corrected chi connectivity index (χ2v) is 3.47. The van der Waals surface area contributed by atoms with E-state index in [0.717, 1.165) is 11.8 Å². The lowest BCUT2D eigenvalue weighted by Crippen LogP contribution is -2.11. The molecular weight excluding hydrogens is 166 g/mol. The lowest BCUT2D eigenvalue weighted by atomic mass is 10.1. The van der Waals surface area contributed by atoms with E-state index in [0.29, 0.717) is 6.61 Å². The summed E-state index contributed by atoms with van der Waals surface area (Å²) in [7, 11) is 0. The molecule has 0 heterocycles. The molecule has 0 radical (unpaired) electrons. The van der Waals surface area contributed by atoms with Crippen LogP contribution in [0.1, 0.15) is 26.2 Å². The number of hydrogen-bond acceptors (Lipinski definition) is 2. The van der Waals surface area contributed by atoms with E-state index in [9.17, 15) is 4.79 Å². The van der Waals surface area contributed by atoms with E-state index >= 15 is 0 Å². The smallest absolute Gasteiger partial charge is 0.404 e. The van der Waals surface area contributed by atoms with Gasteiger partial charge in [0.1, 0.15) is 0 Å². The average molecular weight is 183 g/mol. The van der Waals surface area contributed by atoms with Crippen molar-refractivity contribution in [2.24, 2.45) is 17.6 Å². The third kappa shape index (κ3) is 3.49. The molecule has 74 valence electrons. The highest BCUT2D eigenvalue weighted by atomic mass is 16.5. The third-order valence-electron chi connectivity index (χ3n) is 2.46. The van der Waals surface area contributed by atoms with Crippen molar-refractivity contribution in [3.63, 3.8) is 0 Å². The fourth-order valence-electron chi connectivity index (χ4n) is 1.86. The predicted octanol–water partition coefficient (Wildman–Crippen LogP) is 2.07. The van der Waals surface area contributed by atoms with Crippen LogP contribution in [0.15, 0.2) is 12.2 Å². The van der Waals surface area contributed by atoms with Gasteiger partial charge in [-0.2, -0.15) is 0 Å². The number of carbonyl (C=O) groups is 1. The topological polar surface area (TPSA) is 52.3 Å². The molecule has 2 atom stereocenters. The number of fused-ring (bicyclic) bond motifs is 2. The van der Waals surface area contributed by atoms with Crippen LogP contribution in [0.4, 0.5) is 4.79 Å². The molecule has 3 heteroatoms. The van der Waals surface area contributed by atoms with Gasteiger partial charge in [0.05, 0.1) is 6.61 Å². The van der Waals surface area contributed by atoms with Crippen molar-refractivity contribution >= 4 is 6.09 Å². The molecule has 0 saturated heterocycles. The van der Waals surface area contributed by atoms with Crippen LogP contribution < -0.4 is 5.73 Å². The van der Waals surface area contributed by atoms with E-state index in [1.54, 1.807) is 6.92 Å². The molecule has 2 bridgehead atoms. The van der Waals surface area contributed by atoms with Crippen LogP contribution in [0.3, 0.4) is 0 Å². The molecule has 1 saturated carbocycles. The standard InChI is InChI=1S/C7H10.C3H7NO2/c1-2-7-4-3-6(1)5-7;1-2-6-3(4)5/h1-2,6-7H,3-5H2;2H2,1H3,(H2,4,5). The molecule has 3 nitrogen and oxygen atoms in total. The number of primary amides is 1. The van der Waals surface area contributed by atoms with E-state index in [2.05, 4.69) is 22.6 Å². The number of amides is 1. The Morgan fingerprint density at radius 3 is 2.08 bits per heavy atom. The Morgan fingerprint density at radius 2 is 2.00 bits per heavy atom. The first kappa shape index (κ1) is 10.1. The summed E-state index contributed by atoms with van der Waals surface area (Å²) in [6, 6.07) is 0. The van der Waals surface area contributed by atoms with E-state index in [-0.39, 0.29) is 0 Å². The van der Waals surface area contributed by atoms with Gasteiger partial charge in [0.2, 0.25) is 0 Å². The normalized spacial score (nSPS) is 28.1. The SMILES string of the molecule is C1=CC2CCC1C2.CCOC(N)=O. The van der Waals surface area contributed by atoms with Crippen LogP contribution in [-0.2, 0) is 4.74 Å². The Morgan fingerprint density at radius 1 is 1.46 bits per heavy atom. The summed E-state index contributed by atoms with van der Waals surface area (Å²) in [5.74, 6) is 1.98. The second-order valence-electron chi connectivity index (χ2n) is 3.47. The molecule has 0 aromatic carbocycles. The fraction of sp³-hybridized carbons (Fsp3) is 0.700. The largest absolute Gasteiger partial charge is 0.450 e. The van der Waals surface area contributed by atoms with Crippen LogP contribution >= 0.6 is 0 Å². The number of ether oxygens (including phenoxy) is 1. The van der Waals surface area contributed by atoms with Crippen LogP contribution in [0.5, 0.6) is 0 Å². The number of nitrogens with two attached hydrogens (primary N) is 1. The van der Waals surface area contributed by atoms with Gasteiger partial charge in [-0.15, -0.1) is 0 Å². The van der Waals surface area contributed by atoms with Crippen molar-refractivity contribution in [3.8, 4) is 0 Å². The predicted molar refractivity (Wildman–Crippen MR) is 51.2 cm³/mol. The quantitative estimate of drug-likeness (QED) is 0.633. The molecule has 2 unspecified atom stereocenters. The molecule has 0 aromatic rings. The van der Waals surface area contributed by atoms with Gasteiger partial charge in [-0.05, 0) is 38.0 Å². The van der Waals surface area contributed by atoms with Crippen molar-refractivity contribution in [1.82, 2.24) is 0 Å². The van der Waals surface area contributed by atoms with E-state index in [4.69, 9.17) is 0 Å². The zero-order chi connectivity index (χ0) is 9.68. The van der Waals surface area contributed by atoms with Crippen molar-refractivity contribution < 1.29 is 9.53 Å². The highest BCUT2D eigenvalue weighted by Crippen LogP contribution is 2.38. The molecule has 1 amide bonds. The first-order valence-electron chi connectivity index (χ1n) is 4.83. The summed E-state index contributed by atoms with van der Waals surface area (Å²) >= 11 is 0. The number of rotatable bonds is 1.